The lowest BCUT2D eigenvalue weighted by Gasteiger charge is -2.17. The average molecular weight is 468 g/mol. The summed E-state index contributed by atoms with van der Waals surface area (Å²) in [6.07, 6.45) is 7.66. The molecule has 4 heterocycles. The van der Waals surface area contributed by atoms with Crippen molar-refractivity contribution in [3.05, 3.63) is 58.5 Å². The summed E-state index contributed by atoms with van der Waals surface area (Å²) in [5, 5.41) is 10.3. The second-order valence-corrected chi connectivity index (χ2v) is 8.42. The number of aromatic nitrogens is 2. The molecular formula is C25H30ClN5O2. The molecule has 33 heavy (non-hydrogen) atoms. The Labute approximate surface area is 199 Å². The van der Waals surface area contributed by atoms with Crippen molar-refractivity contribution in [1.82, 2.24) is 20.6 Å². The third-order valence-corrected chi connectivity index (χ3v) is 6.28. The number of halogens is 1. The van der Waals surface area contributed by atoms with E-state index < -0.39 is 0 Å². The second kappa shape index (κ2) is 10.7. The van der Waals surface area contributed by atoms with Gasteiger partial charge in [0.25, 0.3) is 5.91 Å². The van der Waals surface area contributed by atoms with Gasteiger partial charge in [-0.05, 0) is 56.1 Å². The number of anilines is 2. The summed E-state index contributed by atoms with van der Waals surface area (Å²) in [7, 11) is 1.61. The standard InChI is InChI=1S/C21H21ClN4O2.C4H9N/c1-3-12-14(22)5-4-6-15(12)25-20-18-16(8-10-24-21(18)27)26-19(20)13-7-9-23-11-17(13)28-2;1-2-4-5-3-1/h4-7,9,11,25-26H,3,8,10H2,1-2H3,(H,24,27);5H,1-4H2. The summed E-state index contributed by atoms with van der Waals surface area (Å²) in [4.78, 5) is 20.2. The molecule has 0 atom stereocenters. The minimum Gasteiger partial charge on any atom is -0.494 e. The molecule has 0 saturated carbocycles. The summed E-state index contributed by atoms with van der Waals surface area (Å²) in [6, 6.07) is 7.61. The molecule has 0 spiro atoms. The highest BCUT2D eigenvalue weighted by Crippen LogP contribution is 2.41. The second-order valence-electron chi connectivity index (χ2n) is 8.01. The summed E-state index contributed by atoms with van der Waals surface area (Å²) >= 11 is 6.39. The maximum Gasteiger partial charge on any atom is 0.255 e. The van der Waals surface area contributed by atoms with Crippen LogP contribution in [0.5, 0.6) is 5.75 Å². The number of pyridine rings is 1. The third-order valence-electron chi connectivity index (χ3n) is 5.93. The maximum absolute atomic E-state index is 12.7. The van der Waals surface area contributed by atoms with E-state index in [1.165, 1.54) is 25.9 Å². The zero-order chi connectivity index (χ0) is 23.2. The molecular weight excluding hydrogens is 438 g/mol. The van der Waals surface area contributed by atoms with Crippen LogP contribution in [0.2, 0.25) is 5.02 Å². The van der Waals surface area contributed by atoms with Crippen LogP contribution in [0, 0.1) is 0 Å². The van der Waals surface area contributed by atoms with Crippen LogP contribution in [0.4, 0.5) is 11.4 Å². The zero-order valence-electron chi connectivity index (χ0n) is 19.1. The van der Waals surface area contributed by atoms with Crippen molar-refractivity contribution in [2.45, 2.75) is 32.6 Å². The van der Waals surface area contributed by atoms with Crippen molar-refractivity contribution in [1.29, 1.82) is 0 Å². The molecule has 1 fully saturated rings. The van der Waals surface area contributed by atoms with Crippen LogP contribution in [0.25, 0.3) is 11.3 Å². The Bertz CT molecular complexity index is 1120. The topological polar surface area (TPSA) is 91.1 Å². The Kier molecular flexibility index (Phi) is 7.52. The fourth-order valence-corrected chi connectivity index (χ4v) is 4.56. The molecule has 2 aliphatic heterocycles. The number of rotatable bonds is 5. The van der Waals surface area contributed by atoms with Crippen LogP contribution in [-0.2, 0) is 12.8 Å². The Morgan fingerprint density at radius 2 is 2.00 bits per heavy atom. The molecule has 4 N–H and O–H groups in total. The number of carbonyl (C=O) groups excluding carboxylic acids is 1. The minimum atomic E-state index is -0.0978. The number of methoxy groups -OCH3 is 1. The lowest BCUT2D eigenvalue weighted by molar-refractivity contribution is 0.0947. The van der Waals surface area contributed by atoms with Gasteiger partial charge in [0.05, 0.1) is 30.3 Å². The van der Waals surface area contributed by atoms with Crippen molar-refractivity contribution in [2.24, 2.45) is 0 Å². The number of nitrogens with zero attached hydrogens (tertiary/aromatic N) is 1. The van der Waals surface area contributed by atoms with E-state index >= 15 is 0 Å². The van der Waals surface area contributed by atoms with Gasteiger partial charge >= 0.3 is 0 Å². The van der Waals surface area contributed by atoms with Gasteiger partial charge in [0.2, 0.25) is 0 Å². The maximum atomic E-state index is 12.7. The Hall–Kier alpha value is -3.03. The molecule has 1 amide bonds. The Balaban J connectivity index is 0.000000459. The first-order chi connectivity index (χ1) is 16.1. The molecule has 0 radical (unpaired) electrons. The number of ether oxygens (including phenoxy) is 1. The normalized spacial score (nSPS) is 14.7. The van der Waals surface area contributed by atoms with E-state index in [9.17, 15) is 4.79 Å². The minimum absolute atomic E-state index is 0.0978. The number of benzene rings is 1. The van der Waals surface area contributed by atoms with Crippen molar-refractivity contribution in [2.75, 3.05) is 32.1 Å². The summed E-state index contributed by atoms with van der Waals surface area (Å²) < 4.78 is 5.50. The average Bonchev–Trinajstić information content (AvgIpc) is 3.52. The van der Waals surface area contributed by atoms with Gasteiger partial charge in [-0.25, -0.2) is 0 Å². The molecule has 2 aromatic heterocycles. The highest BCUT2D eigenvalue weighted by molar-refractivity contribution is 6.31. The molecule has 2 aliphatic rings. The van der Waals surface area contributed by atoms with Gasteiger partial charge in [-0.15, -0.1) is 0 Å². The van der Waals surface area contributed by atoms with Crippen LogP contribution in [0.1, 0.15) is 41.4 Å². The van der Waals surface area contributed by atoms with Crippen LogP contribution < -0.4 is 20.7 Å². The molecule has 7 nitrogen and oxygen atoms in total. The lowest BCUT2D eigenvalue weighted by Crippen LogP contribution is -2.31. The van der Waals surface area contributed by atoms with Gasteiger partial charge in [-0.3, -0.25) is 9.78 Å². The first kappa shape index (κ1) is 23.1. The predicted octanol–water partition coefficient (Wildman–Crippen LogP) is 4.70. The zero-order valence-corrected chi connectivity index (χ0v) is 19.8. The largest absolute Gasteiger partial charge is 0.494 e. The highest BCUT2D eigenvalue weighted by atomic mass is 35.5. The van der Waals surface area contributed by atoms with Gasteiger partial charge in [-0.1, -0.05) is 24.6 Å². The molecule has 0 bridgehead atoms. The number of fused-ring (bicyclic) bond motifs is 1. The van der Waals surface area contributed by atoms with Gasteiger partial charge in [0, 0.05) is 41.1 Å². The molecule has 174 valence electrons. The number of nitrogens with one attached hydrogen (secondary N) is 4. The molecule has 5 rings (SSSR count). The summed E-state index contributed by atoms with van der Waals surface area (Å²) in [6.45, 7) is 5.16. The Morgan fingerprint density at radius 3 is 2.70 bits per heavy atom. The number of H-pyrrole nitrogens is 1. The van der Waals surface area contributed by atoms with E-state index in [-0.39, 0.29) is 5.91 Å². The smallest absolute Gasteiger partial charge is 0.255 e. The molecule has 8 heteroatoms. The van der Waals surface area contributed by atoms with Crippen molar-refractivity contribution < 1.29 is 9.53 Å². The van der Waals surface area contributed by atoms with E-state index in [0.29, 0.717) is 28.6 Å². The monoisotopic (exact) mass is 467 g/mol. The van der Waals surface area contributed by atoms with Gasteiger partial charge in [0.15, 0.2) is 0 Å². The van der Waals surface area contributed by atoms with Gasteiger partial charge < -0.3 is 25.7 Å². The predicted molar refractivity (Wildman–Crippen MR) is 133 cm³/mol. The summed E-state index contributed by atoms with van der Waals surface area (Å²) in [5.41, 5.74) is 5.76. The van der Waals surface area contributed by atoms with E-state index in [0.717, 1.165) is 41.0 Å². The first-order valence-corrected chi connectivity index (χ1v) is 11.8. The van der Waals surface area contributed by atoms with E-state index in [4.69, 9.17) is 16.3 Å². The molecule has 0 unspecified atom stereocenters. The van der Waals surface area contributed by atoms with E-state index in [2.05, 4.69) is 32.8 Å². The van der Waals surface area contributed by atoms with Crippen LogP contribution in [0.3, 0.4) is 0 Å². The van der Waals surface area contributed by atoms with Crippen LogP contribution in [-0.4, -0.2) is 42.6 Å². The first-order valence-electron chi connectivity index (χ1n) is 11.4. The lowest BCUT2D eigenvalue weighted by atomic mass is 10.0. The van der Waals surface area contributed by atoms with E-state index in [1.807, 2.05) is 24.3 Å². The highest BCUT2D eigenvalue weighted by Gasteiger charge is 2.28. The van der Waals surface area contributed by atoms with Crippen molar-refractivity contribution in [3.63, 3.8) is 0 Å². The summed E-state index contributed by atoms with van der Waals surface area (Å²) in [5.74, 6) is 0.533. The van der Waals surface area contributed by atoms with Gasteiger partial charge in [0.1, 0.15) is 5.75 Å². The van der Waals surface area contributed by atoms with Crippen molar-refractivity contribution >= 4 is 28.9 Å². The number of amides is 1. The van der Waals surface area contributed by atoms with Crippen molar-refractivity contribution in [3.8, 4) is 17.0 Å². The number of aromatic amines is 1. The molecule has 3 aromatic rings. The van der Waals surface area contributed by atoms with Gasteiger partial charge in [-0.2, -0.15) is 0 Å². The third kappa shape index (κ3) is 4.99. The fraction of sp³-hybridized carbons (Fsp3) is 0.360. The Morgan fingerprint density at radius 1 is 1.18 bits per heavy atom. The molecule has 1 aromatic carbocycles. The fourth-order valence-electron chi connectivity index (χ4n) is 4.25. The number of hydrogen-bond acceptors (Lipinski definition) is 5. The quantitative estimate of drug-likeness (QED) is 0.436. The van der Waals surface area contributed by atoms with Crippen LogP contribution >= 0.6 is 11.6 Å². The van der Waals surface area contributed by atoms with E-state index in [1.54, 1.807) is 19.5 Å². The molecule has 0 aliphatic carbocycles. The molecule has 1 saturated heterocycles. The number of hydrogen-bond donors (Lipinski definition) is 4. The SMILES string of the molecule is C1CCNC1.CCc1c(Cl)cccc1Nc1c(-c2ccncc2OC)[nH]c2c1C(=O)NCC2. The van der Waals surface area contributed by atoms with Crippen LogP contribution in [0.15, 0.2) is 36.7 Å². The number of carbonyl (C=O) groups is 1.